The number of hydrogen-bond donors (Lipinski definition) is 0. The summed E-state index contributed by atoms with van der Waals surface area (Å²) in [6.07, 6.45) is 0.397. The van der Waals surface area contributed by atoms with Gasteiger partial charge in [-0.05, 0) is 19.1 Å². The Labute approximate surface area is 89.7 Å². The number of hydrogen-bond acceptors (Lipinski definition) is 2. The van der Waals surface area contributed by atoms with E-state index in [1.165, 1.54) is 13.8 Å². The van der Waals surface area contributed by atoms with Crippen LogP contribution in [0.3, 0.4) is 0 Å². The van der Waals surface area contributed by atoms with Gasteiger partial charge in [-0.3, -0.25) is 9.59 Å². The number of carbonyl (C=O) groups is 2. The summed E-state index contributed by atoms with van der Waals surface area (Å²) in [6.45, 7) is 3.49. The van der Waals surface area contributed by atoms with Crippen LogP contribution in [0.4, 0.5) is 5.69 Å². The molecular weight excluding hydrogens is 190 g/mol. The van der Waals surface area contributed by atoms with E-state index < -0.39 is 0 Å². The SMILES string of the molecule is CC(=O)CCN(C(C)=O)c1ccccc1. The summed E-state index contributed by atoms with van der Waals surface area (Å²) >= 11 is 0. The second-order valence-electron chi connectivity index (χ2n) is 3.46. The van der Waals surface area contributed by atoms with Crippen LogP contribution >= 0.6 is 0 Å². The summed E-state index contributed by atoms with van der Waals surface area (Å²) < 4.78 is 0. The highest BCUT2D eigenvalue weighted by atomic mass is 16.2. The smallest absolute Gasteiger partial charge is 0.223 e. The van der Waals surface area contributed by atoms with E-state index >= 15 is 0 Å². The van der Waals surface area contributed by atoms with Crippen molar-refractivity contribution in [2.75, 3.05) is 11.4 Å². The molecule has 80 valence electrons. The van der Waals surface area contributed by atoms with Gasteiger partial charge in [0, 0.05) is 25.6 Å². The summed E-state index contributed by atoms with van der Waals surface area (Å²) in [4.78, 5) is 23.8. The third-order valence-corrected chi connectivity index (χ3v) is 2.14. The van der Waals surface area contributed by atoms with E-state index in [0.717, 1.165) is 5.69 Å². The lowest BCUT2D eigenvalue weighted by Crippen LogP contribution is -2.30. The molecule has 0 aliphatic rings. The zero-order valence-electron chi connectivity index (χ0n) is 9.06. The van der Waals surface area contributed by atoms with Gasteiger partial charge in [0.05, 0.1) is 0 Å². The third-order valence-electron chi connectivity index (χ3n) is 2.14. The van der Waals surface area contributed by atoms with Crippen LogP contribution in [0, 0.1) is 0 Å². The fraction of sp³-hybridized carbons (Fsp3) is 0.333. The van der Waals surface area contributed by atoms with Gasteiger partial charge in [0.15, 0.2) is 0 Å². The molecule has 0 spiro atoms. The molecule has 0 aliphatic carbocycles. The monoisotopic (exact) mass is 205 g/mol. The van der Waals surface area contributed by atoms with Crippen molar-refractivity contribution in [1.82, 2.24) is 0 Å². The van der Waals surface area contributed by atoms with Crippen molar-refractivity contribution in [3.63, 3.8) is 0 Å². The normalized spacial score (nSPS) is 9.73. The minimum Gasteiger partial charge on any atom is -0.312 e. The van der Waals surface area contributed by atoms with Crippen molar-refractivity contribution >= 4 is 17.4 Å². The lowest BCUT2D eigenvalue weighted by molar-refractivity contribution is -0.117. The van der Waals surface area contributed by atoms with Gasteiger partial charge in [0.25, 0.3) is 0 Å². The van der Waals surface area contributed by atoms with E-state index in [0.29, 0.717) is 13.0 Å². The van der Waals surface area contributed by atoms with Crippen molar-refractivity contribution in [3.05, 3.63) is 30.3 Å². The molecule has 0 heterocycles. The first-order valence-electron chi connectivity index (χ1n) is 4.94. The van der Waals surface area contributed by atoms with E-state index in [1.807, 2.05) is 30.3 Å². The summed E-state index contributed by atoms with van der Waals surface area (Å²) in [5.74, 6) is 0.0552. The summed E-state index contributed by atoms with van der Waals surface area (Å²) in [7, 11) is 0. The molecule has 1 aromatic carbocycles. The second-order valence-corrected chi connectivity index (χ2v) is 3.46. The molecule has 15 heavy (non-hydrogen) atoms. The Morgan fingerprint density at radius 1 is 1.13 bits per heavy atom. The molecule has 0 N–H and O–H groups in total. The lowest BCUT2D eigenvalue weighted by atomic mass is 10.2. The van der Waals surface area contributed by atoms with Crippen LogP contribution in [0.5, 0.6) is 0 Å². The van der Waals surface area contributed by atoms with Gasteiger partial charge in [-0.2, -0.15) is 0 Å². The predicted molar refractivity (Wildman–Crippen MR) is 59.8 cm³/mol. The average molecular weight is 205 g/mol. The van der Waals surface area contributed by atoms with Gasteiger partial charge in [0.1, 0.15) is 5.78 Å². The predicted octanol–water partition coefficient (Wildman–Crippen LogP) is 2.02. The summed E-state index contributed by atoms with van der Waals surface area (Å²) in [5.41, 5.74) is 0.839. The second kappa shape index (κ2) is 5.29. The van der Waals surface area contributed by atoms with Crippen LogP contribution in [0.2, 0.25) is 0 Å². The maximum Gasteiger partial charge on any atom is 0.223 e. The molecule has 3 heteroatoms. The van der Waals surface area contributed by atoms with Crippen LogP contribution in [0.15, 0.2) is 30.3 Å². The first-order valence-corrected chi connectivity index (χ1v) is 4.94. The molecule has 0 saturated carbocycles. The Morgan fingerprint density at radius 2 is 1.73 bits per heavy atom. The number of Topliss-reactive ketones (excluding diaryl/α,β-unsaturated/α-hetero) is 1. The number of amides is 1. The molecule has 1 amide bonds. The number of carbonyl (C=O) groups excluding carboxylic acids is 2. The van der Waals surface area contributed by atoms with E-state index in [9.17, 15) is 9.59 Å². The van der Waals surface area contributed by atoms with Crippen molar-refractivity contribution in [3.8, 4) is 0 Å². The van der Waals surface area contributed by atoms with Crippen LogP contribution in [-0.4, -0.2) is 18.2 Å². The van der Waals surface area contributed by atoms with Gasteiger partial charge in [-0.15, -0.1) is 0 Å². The minimum absolute atomic E-state index is 0.0394. The maximum absolute atomic E-state index is 11.4. The van der Waals surface area contributed by atoms with Gasteiger partial charge < -0.3 is 4.90 Å². The largest absolute Gasteiger partial charge is 0.312 e. The minimum atomic E-state index is -0.0394. The highest BCUT2D eigenvalue weighted by Crippen LogP contribution is 2.13. The number of benzene rings is 1. The molecule has 1 aromatic rings. The number of rotatable bonds is 4. The molecule has 0 radical (unpaired) electrons. The van der Waals surface area contributed by atoms with E-state index in [1.54, 1.807) is 4.90 Å². The Hall–Kier alpha value is -1.64. The topological polar surface area (TPSA) is 37.4 Å². The van der Waals surface area contributed by atoms with Crippen LogP contribution in [0.1, 0.15) is 20.3 Å². The fourth-order valence-electron chi connectivity index (χ4n) is 1.35. The Kier molecular flexibility index (Phi) is 4.03. The lowest BCUT2D eigenvalue weighted by Gasteiger charge is -2.20. The van der Waals surface area contributed by atoms with Crippen molar-refractivity contribution in [2.45, 2.75) is 20.3 Å². The molecule has 0 bridgehead atoms. The average Bonchev–Trinajstić information content (AvgIpc) is 2.18. The maximum atomic E-state index is 11.4. The Morgan fingerprint density at radius 3 is 2.20 bits per heavy atom. The highest BCUT2D eigenvalue weighted by molar-refractivity contribution is 5.92. The molecule has 0 atom stereocenters. The molecular formula is C12H15NO2. The van der Waals surface area contributed by atoms with Gasteiger partial charge in [-0.25, -0.2) is 0 Å². The van der Waals surface area contributed by atoms with E-state index in [4.69, 9.17) is 0 Å². The quantitative estimate of drug-likeness (QED) is 0.754. The Balaban J connectivity index is 2.75. The standard InChI is InChI=1S/C12H15NO2/c1-10(14)8-9-13(11(2)15)12-6-4-3-5-7-12/h3-7H,8-9H2,1-2H3. The molecule has 0 fully saturated rings. The van der Waals surface area contributed by atoms with Crippen molar-refractivity contribution in [1.29, 1.82) is 0 Å². The first kappa shape index (κ1) is 11.4. The molecule has 0 saturated heterocycles. The molecule has 0 unspecified atom stereocenters. The van der Waals surface area contributed by atoms with Crippen LogP contribution in [0.25, 0.3) is 0 Å². The van der Waals surface area contributed by atoms with Crippen LogP contribution in [-0.2, 0) is 9.59 Å². The summed E-state index contributed by atoms with van der Waals surface area (Å²) in [6, 6.07) is 9.37. The number of para-hydroxylation sites is 1. The van der Waals surface area contributed by atoms with Crippen molar-refractivity contribution in [2.24, 2.45) is 0 Å². The zero-order valence-corrected chi connectivity index (χ0v) is 9.06. The van der Waals surface area contributed by atoms with Gasteiger partial charge in [0.2, 0.25) is 5.91 Å². The van der Waals surface area contributed by atoms with Gasteiger partial charge in [-0.1, -0.05) is 18.2 Å². The molecule has 3 nitrogen and oxygen atoms in total. The summed E-state index contributed by atoms with van der Waals surface area (Å²) in [5, 5.41) is 0. The molecule has 0 aliphatic heterocycles. The van der Waals surface area contributed by atoms with Crippen molar-refractivity contribution < 1.29 is 9.59 Å². The number of ketones is 1. The third kappa shape index (κ3) is 3.54. The highest BCUT2D eigenvalue weighted by Gasteiger charge is 2.10. The first-order chi connectivity index (χ1) is 7.11. The van der Waals surface area contributed by atoms with Gasteiger partial charge >= 0.3 is 0 Å². The molecule has 0 aromatic heterocycles. The Bertz CT molecular complexity index is 346. The molecule has 1 rings (SSSR count). The van der Waals surface area contributed by atoms with E-state index in [2.05, 4.69) is 0 Å². The fourth-order valence-corrected chi connectivity index (χ4v) is 1.35. The number of anilines is 1. The van der Waals surface area contributed by atoms with Crippen LogP contribution < -0.4 is 4.90 Å². The zero-order chi connectivity index (χ0) is 11.3. The van der Waals surface area contributed by atoms with E-state index in [-0.39, 0.29) is 11.7 Å². The number of nitrogens with zero attached hydrogens (tertiary/aromatic N) is 1.